The van der Waals surface area contributed by atoms with Crippen LogP contribution in [0, 0.1) is 0 Å². The van der Waals surface area contributed by atoms with E-state index < -0.39 is 4.30 Å². The molecule has 1 aromatic carbocycles. The lowest BCUT2D eigenvalue weighted by molar-refractivity contribution is -0.870. The Morgan fingerprint density at radius 3 is 1.22 bits per heavy atom. The predicted octanol–water partition coefficient (Wildman–Crippen LogP) is 6.56. The number of hydrogen-bond acceptors (Lipinski definition) is 1. The first-order valence-electron chi connectivity index (χ1n) is 12.2. The molecule has 1 aromatic rings. The van der Waals surface area contributed by atoms with Gasteiger partial charge in [-0.3, -0.25) is 0 Å². The van der Waals surface area contributed by atoms with Crippen LogP contribution in [0.3, 0.4) is 0 Å². The highest BCUT2D eigenvalue weighted by molar-refractivity contribution is 6.63. The van der Waals surface area contributed by atoms with Gasteiger partial charge in [-0.15, -0.1) is 0 Å². The molecule has 0 radical (unpaired) electrons. The number of benzene rings is 1. The fraction of sp³-hybridized carbons (Fsp3) is 0.769. The van der Waals surface area contributed by atoms with Gasteiger partial charge in [-0.2, -0.15) is 0 Å². The molecule has 0 bridgehead atoms. The zero-order valence-corrected chi connectivity index (χ0v) is 24.8. The lowest BCUT2D eigenvalue weighted by Gasteiger charge is -2.23. The molecule has 0 aliphatic heterocycles. The fourth-order valence-electron chi connectivity index (χ4n) is 3.21. The third-order valence-corrected chi connectivity index (χ3v) is 4.94. The molecule has 2 nitrogen and oxygen atoms in total. The minimum absolute atomic E-state index is 0. The van der Waals surface area contributed by atoms with Gasteiger partial charge < -0.3 is 26.6 Å². The molecular formula is C26H49BrCl3NO. The second kappa shape index (κ2) is 27.6. The van der Waals surface area contributed by atoms with Gasteiger partial charge in [0.1, 0.15) is 5.75 Å². The quantitative estimate of drug-likeness (QED) is 0.142. The third kappa shape index (κ3) is 40.7. The van der Waals surface area contributed by atoms with E-state index in [1.165, 1.54) is 96.4 Å². The van der Waals surface area contributed by atoms with Gasteiger partial charge in [0.25, 0.3) is 0 Å². The van der Waals surface area contributed by atoms with Crippen LogP contribution < -0.4 is 17.0 Å². The number of quaternary nitrogens is 1. The van der Waals surface area contributed by atoms with Gasteiger partial charge in [0.05, 0.1) is 27.7 Å². The predicted molar refractivity (Wildman–Crippen MR) is 143 cm³/mol. The van der Waals surface area contributed by atoms with E-state index in [2.05, 4.69) is 28.1 Å². The van der Waals surface area contributed by atoms with Crippen molar-refractivity contribution in [1.82, 2.24) is 0 Å². The maximum atomic E-state index is 8.63. The van der Waals surface area contributed by atoms with Crippen LogP contribution >= 0.6 is 34.8 Å². The van der Waals surface area contributed by atoms with E-state index in [0.29, 0.717) is 5.75 Å². The van der Waals surface area contributed by atoms with Crippen molar-refractivity contribution >= 4 is 34.8 Å². The number of phenolic OH excluding ortho intramolecular Hbond substituents is 1. The second-order valence-corrected chi connectivity index (χ2v) is 11.2. The summed E-state index contributed by atoms with van der Waals surface area (Å²) in [6.07, 6.45) is 20.4. The second-order valence-electron chi connectivity index (χ2n) is 9.19. The zero-order valence-electron chi connectivity index (χ0n) is 21.0. The lowest BCUT2D eigenvalue weighted by Crippen LogP contribution is -3.00. The molecule has 0 spiro atoms. The van der Waals surface area contributed by atoms with Crippen LogP contribution in [-0.4, -0.2) is 41.6 Å². The molecule has 0 saturated heterocycles. The minimum atomic E-state index is -0.750. The molecule has 0 aliphatic rings. The molecule has 0 atom stereocenters. The Morgan fingerprint density at radius 2 is 0.969 bits per heavy atom. The van der Waals surface area contributed by atoms with E-state index >= 15 is 0 Å². The molecular weight excluding hydrogens is 529 g/mol. The highest BCUT2D eigenvalue weighted by Crippen LogP contribution is 2.13. The van der Waals surface area contributed by atoms with Crippen molar-refractivity contribution < 1.29 is 26.6 Å². The lowest BCUT2D eigenvalue weighted by atomic mass is 10.0. The van der Waals surface area contributed by atoms with Crippen molar-refractivity contribution in [3.8, 4) is 5.75 Å². The normalized spacial score (nSPS) is 10.5. The van der Waals surface area contributed by atoms with Gasteiger partial charge >= 0.3 is 0 Å². The summed E-state index contributed by atoms with van der Waals surface area (Å²) in [5.41, 5.74) is 0. The molecule has 0 unspecified atom stereocenters. The molecule has 192 valence electrons. The molecule has 6 heteroatoms. The van der Waals surface area contributed by atoms with Crippen molar-refractivity contribution in [2.75, 3.05) is 27.7 Å². The highest BCUT2D eigenvalue weighted by atomic mass is 79.9. The average molecular weight is 578 g/mol. The largest absolute Gasteiger partial charge is 1.00 e. The topological polar surface area (TPSA) is 20.2 Å². The molecule has 0 fully saturated rings. The van der Waals surface area contributed by atoms with E-state index in [0.717, 1.165) is 4.48 Å². The standard InChI is InChI=1S/C19H42N.C6H6O.CHCl3.BrH/c1-5-6-7-8-9-10-11-12-13-14-15-16-17-18-19-20(2,3)4;7-6-4-2-1-3-5-6;2-1(3)4;/h5-19H2,1-4H3;1-5,7H;1H;1H/q+1;;;/p-1. The van der Waals surface area contributed by atoms with Gasteiger partial charge in [0, 0.05) is 0 Å². The smallest absolute Gasteiger partial charge is 0.180 e. The summed E-state index contributed by atoms with van der Waals surface area (Å²) in [6, 6.07) is 8.71. The van der Waals surface area contributed by atoms with Gasteiger partial charge in [-0.1, -0.05) is 137 Å². The van der Waals surface area contributed by atoms with E-state index in [1.54, 1.807) is 24.3 Å². The Kier molecular flexibility index (Phi) is 31.8. The first-order valence-corrected chi connectivity index (χ1v) is 13.5. The van der Waals surface area contributed by atoms with Crippen LogP contribution in [0.5, 0.6) is 5.75 Å². The Hall–Kier alpha value is 0.330. The summed E-state index contributed by atoms with van der Waals surface area (Å²) in [5, 5.41) is 8.63. The number of nitrogens with zero attached hydrogens (tertiary/aromatic N) is 1. The van der Waals surface area contributed by atoms with Crippen molar-refractivity contribution in [2.45, 2.75) is 101 Å². The van der Waals surface area contributed by atoms with Crippen LogP contribution in [0.1, 0.15) is 96.8 Å². The Bertz CT molecular complexity index is 453. The number of para-hydroxylation sites is 1. The maximum absolute atomic E-state index is 8.63. The molecule has 1 N–H and O–H groups in total. The number of halogens is 4. The first kappa shape index (κ1) is 36.9. The van der Waals surface area contributed by atoms with Gasteiger partial charge in [-0.25, -0.2) is 0 Å². The Balaban J connectivity index is -0.000000571. The van der Waals surface area contributed by atoms with E-state index in [1.807, 2.05) is 6.07 Å². The van der Waals surface area contributed by atoms with Crippen LogP contribution in [0.15, 0.2) is 30.3 Å². The van der Waals surface area contributed by atoms with E-state index in [-0.39, 0.29) is 17.0 Å². The molecule has 32 heavy (non-hydrogen) atoms. The molecule has 0 aliphatic carbocycles. The van der Waals surface area contributed by atoms with Crippen LogP contribution in [-0.2, 0) is 0 Å². The van der Waals surface area contributed by atoms with Gasteiger partial charge in [0.15, 0.2) is 4.30 Å². The summed E-state index contributed by atoms with van der Waals surface area (Å²) in [6.45, 7) is 3.63. The monoisotopic (exact) mass is 575 g/mol. The van der Waals surface area contributed by atoms with Crippen molar-refractivity contribution in [3.63, 3.8) is 0 Å². The zero-order chi connectivity index (χ0) is 23.8. The summed E-state index contributed by atoms with van der Waals surface area (Å²) in [4.78, 5) is 0. The number of phenols is 1. The Labute approximate surface area is 225 Å². The Morgan fingerprint density at radius 1 is 0.656 bits per heavy atom. The van der Waals surface area contributed by atoms with E-state index in [4.69, 9.17) is 39.9 Å². The summed E-state index contributed by atoms with van der Waals surface area (Å²) >= 11 is 14.4. The van der Waals surface area contributed by atoms with E-state index in [9.17, 15) is 0 Å². The minimum Gasteiger partial charge on any atom is -1.00 e. The number of alkyl halides is 3. The average Bonchev–Trinajstić information content (AvgIpc) is 2.68. The van der Waals surface area contributed by atoms with Crippen LogP contribution in [0.2, 0.25) is 0 Å². The molecule has 0 saturated carbocycles. The van der Waals surface area contributed by atoms with Crippen molar-refractivity contribution in [3.05, 3.63) is 30.3 Å². The van der Waals surface area contributed by atoms with Crippen LogP contribution in [0.25, 0.3) is 0 Å². The van der Waals surface area contributed by atoms with Crippen molar-refractivity contribution in [1.29, 1.82) is 0 Å². The third-order valence-electron chi connectivity index (χ3n) is 4.94. The first-order chi connectivity index (χ1) is 14.7. The number of aromatic hydroxyl groups is 1. The highest BCUT2D eigenvalue weighted by Gasteiger charge is 2.04. The van der Waals surface area contributed by atoms with Gasteiger partial charge in [-0.05, 0) is 25.0 Å². The molecule has 0 aromatic heterocycles. The van der Waals surface area contributed by atoms with Crippen molar-refractivity contribution in [2.24, 2.45) is 0 Å². The molecule has 0 heterocycles. The van der Waals surface area contributed by atoms with Gasteiger partial charge in [0.2, 0.25) is 0 Å². The summed E-state index contributed by atoms with van der Waals surface area (Å²) < 4.78 is 0.373. The summed E-state index contributed by atoms with van der Waals surface area (Å²) in [5.74, 6) is 0.322. The number of rotatable bonds is 15. The number of unbranched alkanes of at least 4 members (excludes halogenated alkanes) is 13. The summed E-state index contributed by atoms with van der Waals surface area (Å²) in [7, 11) is 6.88. The molecule has 0 amide bonds. The number of hydrogen-bond donors (Lipinski definition) is 1. The maximum Gasteiger partial charge on any atom is 0.180 e. The SMILES string of the molecule is CCCCCCCCCCCCCCCC[N+](C)(C)C.ClC(Cl)Cl.Oc1ccccc1.[Br-]. The van der Waals surface area contributed by atoms with Crippen LogP contribution in [0.4, 0.5) is 0 Å². The molecule has 1 rings (SSSR count). The fourth-order valence-corrected chi connectivity index (χ4v) is 3.21.